The van der Waals surface area contributed by atoms with Crippen molar-refractivity contribution in [2.75, 3.05) is 24.3 Å². The zero-order valence-corrected chi connectivity index (χ0v) is 17.0. The first-order valence-electron chi connectivity index (χ1n) is 9.66. The van der Waals surface area contributed by atoms with Crippen LogP contribution in [0.25, 0.3) is 0 Å². The van der Waals surface area contributed by atoms with Gasteiger partial charge in [0.2, 0.25) is 0 Å². The minimum atomic E-state index is -0.266. The number of para-hydroxylation sites is 1. The molecule has 3 rings (SSSR count). The van der Waals surface area contributed by atoms with Crippen LogP contribution in [0.1, 0.15) is 41.4 Å². The molecule has 0 saturated heterocycles. The summed E-state index contributed by atoms with van der Waals surface area (Å²) in [6.45, 7) is 4.93. The van der Waals surface area contributed by atoms with Crippen LogP contribution in [0.15, 0.2) is 60.9 Å². The highest BCUT2D eigenvalue weighted by Gasteiger charge is 2.10. The van der Waals surface area contributed by atoms with E-state index in [1.54, 1.807) is 13.2 Å². The van der Waals surface area contributed by atoms with Gasteiger partial charge in [-0.05, 0) is 41.7 Å². The maximum Gasteiger partial charge on any atom is 0.274 e. The number of rotatable bonds is 8. The second kappa shape index (κ2) is 9.68. The van der Waals surface area contributed by atoms with Gasteiger partial charge < -0.3 is 15.4 Å². The van der Waals surface area contributed by atoms with Crippen molar-refractivity contribution in [3.05, 3.63) is 77.7 Å². The van der Waals surface area contributed by atoms with Crippen molar-refractivity contribution in [1.82, 2.24) is 9.97 Å². The third-order valence-electron chi connectivity index (χ3n) is 4.63. The van der Waals surface area contributed by atoms with Gasteiger partial charge in [0, 0.05) is 18.3 Å². The predicted octanol–water partition coefficient (Wildman–Crippen LogP) is 4.52. The molecule has 1 amide bonds. The lowest BCUT2D eigenvalue weighted by Gasteiger charge is -2.10. The van der Waals surface area contributed by atoms with E-state index in [4.69, 9.17) is 4.74 Å². The van der Waals surface area contributed by atoms with Gasteiger partial charge in [-0.25, -0.2) is 9.97 Å². The summed E-state index contributed by atoms with van der Waals surface area (Å²) in [6.07, 6.45) is 2.17. The number of nitrogens with zero attached hydrogens (tertiary/aromatic N) is 2. The SMILES string of the molecule is COc1ccccc1CCNc1cc(C(=O)Nc2ccc(C(C)C)cc2)ncn1. The highest BCUT2D eigenvalue weighted by Crippen LogP contribution is 2.19. The summed E-state index contributed by atoms with van der Waals surface area (Å²) in [4.78, 5) is 20.8. The second-order valence-corrected chi connectivity index (χ2v) is 7.01. The first-order valence-corrected chi connectivity index (χ1v) is 9.66. The molecule has 0 saturated carbocycles. The summed E-state index contributed by atoms with van der Waals surface area (Å²) in [5.41, 5.74) is 3.39. The fraction of sp³-hybridized carbons (Fsp3) is 0.261. The van der Waals surface area contributed by atoms with Crippen molar-refractivity contribution in [3.8, 4) is 5.75 Å². The van der Waals surface area contributed by atoms with Crippen LogP contribution in [0.4, 0.5) is 11.5 Å². The van der Waals surface area contributed by atoms with Crippen LogP contribution in [0, 0.1) is 0 Å². The molecule has 2 N–H and O–H groups in total. The van der Waals surface area contributed by atoms with Crippen molar-refractivity contribution in [2.24, 2.45) is 0 Å². The number of carbonyl (C=O) groups excluding carboxylic acids is 1. The quantitative estimate of drug-likeness (QED) is 0.592. The molecule has 0 bridgehead atoms. The molecule has 0 aliphatic rings. The molecule has 150 valence electrons. The van der Waals surface area contributed by atoms with Crippen molar-refractivity contribution >= 4 is 17.4 Å². The first kappa shape index (κ1) is 20.3. The molecule has 0 unspecified atom stereocenters. The Kier molecular flexibility index (Phi) is 6.79. The Labute approximate surface area is 171 Å². The third-order valence-corrected chi connectivity index (χ3v) is 4.63. The minimum absolute atomic E-state index is 0.266. The van der Waals surface area contributed by atoms with E-state index in [-0.39, 0.29) is 5.91 Å². The maximum atomic E-state index is 12.5. The van der Waals surface area contributed by atoms with Gasteiger partial charge in [-0.3, -0.25) is 4.79 Å². The summed E-state index contributed by atoms with van der Waals surface area (Å²) in [6, 6.07) is 17.4. The van der Waals surface area contributed by atoms with E-state index in [0.717, 1.165) is 23.4 Å². The molecule has 0 atom stereocenters. The molecular weight excluding hydrogens is 364 g/mol. The van der Waals surface area contributed by atoms with E-state index in [1.165, 1.54) is 11.9 Å². The molecule has 6 heteroatoms. The Morgan fingerprint density at radius 3 is 2.55 bits per heavy atom. The Balaban J connectivity index is 1.59. The zero-order chi connectivity index (χ0) is 20.6. The van der Waals surface area contributed by atoms with Crippen LogP contribution >= 0.6 is 0 Å². The predicted molar refractivity (Wildman–Crippen MR) is 116 cm³/mol. The topological polar surface area (TPSA) is 76.1 Å². The number of carbonyl (C=O) groups is 1. The van der Waals surface area contributed by atoms with Crippen molar-refractivity contribution < 1.29 is 9.53 Å². The lowest BCUT2D eigenvalue weighted by atomic mass is 10.0. The molecular formula is C23H26N4O2. The number of aromatic nitrogens is 2. The number of ether oxygens (including phenoxy) is 1. The molecule has 0 aliphatic heterocycles. The van der Waals surface area contributed by atoms with E-state index < -0.39 is 0 Å². The van der Waals surface area contributed by atoms with E-state index in [1.807, 2.05) is 48.5 Å². The lowest BCUT2D eigenvalue weighted by Crippen LogP contribution is -2.15. The summed E-state index contributed by atoms with van der Waals surface area (Å²) in [5.74, 6) is 1.65. The van der Waals surface area contributed by atoms with E-state index in [0.29, 0.717) is 24.0 Å². The van der Waals surface area contributed by atoms with Gasteiger partial charge in [-0.2, -0.15) is 0 Å². The summed E-state index contributed by atoms with van der Waals surface area (Å²) < 4.78 is 5.37. The maximum absolute atomic E-state index is 12.5. The molecule has 1 heterocycles. The fourth-order valence-electron chi connectivity index (χ4n) is 2.96. The molecule has 6 nitrogen and oxygen atoms in total. The lowest BCUT2D eigenvalue weighted by molar-refractivity contribution is 0.102. The minimum Gasteiger partial charge on any atom is -0.496 e. The molecule has 1 aromatic heterocycles. The van der Waals surface area contributed by atoms with Gasteiger partial charge in [0.05, 0.1) is 7.11 Å². The number of nitrogens with one attached hydrogen (secondary N) is 2. The van der Waals surface area contributed by atoms with Gasteiger partial charge in [0.1, 0.15) is 23.6 Å². The number of methoxy groups -OCH3 is 1. The Morgan fingerprint density at radius 1 is 1.07 bits per heavy atom. The Hall–Kier alpha value is -3.41. The largest absolute Gasteiger partial charge is 0.496 e. The van der Waals surface area contributed by atoms with Crippen LogP contribution in [-0.2, 0) is 6.42 Å². The Morgan fingerprint density at radius 2 is 1.83 bits per heavy atom. The summed E-state index contributed by atoms with van der Waals surface area (Å²) in [7, 11) is 1.66. The molecule has 29 heavy (non-hydrogen) atoms. The van der Waals surface area contributed by atoms with Gasteiger partial charge >= 0.3 is 0 Å². The highest BCUT2D eigenvalue weighted by atomic mass is 16.5. The van der Waals surface area contributed by atoms with Crippen LogP contribution < -0.4 is 15.4 Å². The average Bonchev–Trinajstić information content (AvgIpc) is 2.74. The van der Waals surface area contributed by atoms with E-state index in [9.17, 15) is 4.79 Å². The number of hydrogen-bond donors (Lipinski definition) is 2. The standard InChI is InChI=1S/C23H26N4O2/c1-16(2)17-8-10-19(11-9-17)27-23(28)20-14-22(26-15-25-20)24-13-12-18-6-4-5-7-21(18)29-3/h4-11,14-16H,12-13H2,1-3H3,(H,27,28)(H,24,25,26). The van der Waals surface area contributed by atoms with E-state index >= 15 is 0 Å². The van der Waals surface area contributed by atoms with Crippen LogP contribution in [0.5, 0.6) is 5.75 Å². The van der Waals surface area contributed by atoms with Crippen LogP contribution in [0.2, 0.25) is 0 Å². The smallest absolute Gasteiger partial charge is 0.274 e. The Bertz CT molecular complexity index is 955. The molecule has 2 aromatic carbocycles. The molecule has 0 aliphatic carbocycles. The first-order chi connectivity index (χ1) is 14.1. The van der Waals surface area contributed by atoms with Crippen molar-refractivity contribution in [1.29, 1.82) is 0 Å². The van der Waals surface area contributed by atoms with Gasteiger partial charge in [-0.1, -0.05) is 44.2 Å². The summed E-state index contributed by atoms with van der Waals surface area (Å²) >= 11 is 0. The van der Waals surface area contributed by atoms with Gasteiger partial charge in [-0.15, -0.1) is 0 Å². The average molecular weight is 390 g/mol. The molecule has 3 aromatic rings. The second-order valence-electron chi connectivity index (χ2n) is 7.01. The monoisotopic (exact) mass is 390 g/mol. The van der Waals surface area contributed by atoms with Crippen molar-refractivity contribution in [3.63, 3.8) is 0 Å². The third kappa shape index (κ3) is 5.54. The number of benzene rings is 2. The van der Waals surface area contributed by atoms with Crippen molar-refractivity contribution in [2.45, 2.75) is 26.2 Å². The number of anilines is 2. The van der Waals surface area contributed by atoms with Gasteiger partial charge in [0.15, 0.2) is 0 Å². The van der Waals surface area contributed by atoms with Gasteiger partial charge in [0.25, 0.3) is 5.91 Å². The molecule has 0 radical (unpaired) electrons. The number of hydrogen-bond acceptors (Lipinski definition) is 5. The van der Waals surface area contributed by atoms with Crippen LogP contribution in [-0.4, -0.2) is 29.5 Å². The van der Waals surface area contributed by atoms with Crippen LogP contribution in [0.3, 0.4) is 0 Å². The van der Waals surface area contributed by atoms with E-state index in [2.05, 4.69) is 34.4 Å². The normalized spacial score (nSPS) is 10.6. The summed E-state index contributed by atoms with van der Waals surface area (Å²) in [5, 5.41) is 6.11. The zero-order valence-electron chi connectivity index (χ0n) is 17.0. The molecule has 0 fully saturated rings. The number of amides is 1. The molecule has 0 spiro atoms. The highest BCUT2D eigenvalue weighted by molar-refractivity contribution is 6.03. The fourth-order valence-corrected chi connectivity index (χ4v) is 2.96.